The number of rotatable bonds is 4. The molecule has 25 heavy (non-hydrogen) atoms. The van der Waals surface area contributed by atoms with Gasteiger partial charge in [0.2, 0.25) is 0 Å². The highest BCUT2D eigenvalue weighted by Crippen LogP contribution is 2.26. The molecule has 4 aromatic rings. The Morgan fingerprint density at radius 1 is 0.800 bits per heavy atom. The SMILES string of the molecule is COc1ccc2ccccc2c1/C=N/Nc1ccc2ccccc2c1. The lowest BCUT2D eigenvalue weighted by Gasteiger charge is -2.08. The summed E-state index contributed by atoms with van der Waals surface area (Å²) < 4.78 is 5.49. The van der Waals surface area contributed by atoms with Crippen molar-refractivity contribution in [2.24, 2.45) is 5.10 Å². The van der Waals surface area contributed by atoms with E-state index in [1.165, 1.54) is 10.8 Å². The molecule has 122 valence electrons. The van der Waals surface area contributed by atoms with Crippen molar-refractivity contribution in [3.8, 4) is 5.75 Å². The van der Waals surface area contributed by atoms with E-state index in [0.29, 0.717) is 0 Å². The highest BCUT2D eigenvalue weighted by molar-refractivity contribution is 6.02. The van der Waals surface area contributed by atoms with Crippen molar-refractivity contribution >= 4 is 33.4 Å². The molecule has 0 aliphatic rings. The van der Waals surface area contributed by atoms with Crippen LogP contribution in [0.1, 0.15) is 5.56 Å². The van der Waals surface area contributed by atoms with Crippen LogP contribution in [0.15, 0.2) is 84.0 Å². The molecule has 0 fully saturated rings. The number of anilines is 1. The molecular formula is C22H18N2O. The molecule has 0 amide bonds. The predicted molar refractivity (Wildman–Crippen MR) is 106 cm³/mol. The van der Waals surface area contributed by atoms with Crippen molar-refractivity contribution in [1.82, 2.24) is 0 Å². The maximum atomic E-state index is 5.49. The van der Waals surface area contributed by atoms with Crippen LogP contribution in [-0.2, 0) is 0 Å². The minimum Gasteiger partial charge on any atom is -0.496 e. The summed E-state index contributed by atoms with van der Waals surface area (Å²) in [4.78, 5) is 0. The van der Waals surface area contributed by atoms with Gasteiger partial charge in [-0.2, -0.15) is 5.10 Å². The van der Waals surface area contributed by atoms with Gasteiger partial charge in [-0.3, -0.25) is 5.43 Å². The molecule has 0 spiro atoms. The summed E-state index contributed by atoms with van der Waals surface area (Å²) in [5.41, 5.74) is 5.03. The molecular weight excluding hydrogens is 308 g/mol. The highest BCUT2D eigenvalue weighted by atomic mass is 16.5. The minimum atomic E-state index is 0.808. The summed E-state index contributed by atoms with van der Waals surface area (Å²) in [6.45, 7) is 0. The van der Waals surface area contributed by atoms with Crippen molar-refractivity contribution < 1.29 is 4.74 Å². The number of methoxy groups -OCH3 is 1. The maximum absolute atomic E-state index is 5.49. The number of hydrogen-bond acceptors (Lipinski definition) is 3. The average Bonchev–Trinajstić information content (AvgIpc) is 2.68. The minimum absolute atomic E-state index is 0.808. The Morgan fingerprint density at radius 3 is 2.36 bits per heavy atom. The molecule has 0 aliphatic heterocycles. The van der Waals surface area contributed by atoms with Gasteiger partial charge in [0.15, 0.2) is 0 Å². The van der Waals surface area contributed by atoms with Crippen LogP contribution in [0.3, 0.4) is 0 Å². The van der Waals surface area contributed by atoms with E-state index in [9.17, 15) is 0 Å². The molecule has 0 aromatic heterocycles. The largest absolute Gasteiger partial charge is 0.496 e. The van der Waals surface area contributed by atoms with Crippen LogP contribution in [0, 0.1) is 0 Å². The molecule has 0 atom stereocenters. The quantitative estimate of drug-likeness (QED) is 0.400. The van der Waals surface area contributed by atoms with Crippen LogP contribution < -0.4 is 10.2 Å². The van der Waals surface area contributed by atoms with Gasteiger partial charge in [0.25, 0.3) is 0 Å². The lowest BCUT2D eigenvalue weighted by molar-refractivity contribution is 0.415. The van der Waals surface area contributed by atoms with E-state index in [4.69, 9.17) is 4.74 Å². The van der Waals surface area contributed by atoms with Gasteiger partial charge in [-0.15, -0.1) is 0 Å². The first-order valence-electron chi connectivity index (χ1n) is 8.19. The first-order valence-corrected chi connectivity index (χ1v) is 8.19. The van der Waals surface area contributed by atoms with Gasteiger partial charge in [-0.1, -0.05) is 60.7 Å². The van der Waals surface area contributed by atoms with E-state index in [1.807, 2.05) is 42.6 Å². The number of nitrogens with zero attached hydrogens (tertiary/aromatic N) is 1. The van der Waals surface area contributed by atoms with Gasteiger partial charge < -0.3 is 4.74 Å². The third-order valence-electron chi connectivity index (χ3n) is 4.29. The van der Waals surface area contributed by atoms with Crippen LogP contribution in [0.5, 0.6) is 5.75 Å². The zero-order valence-electron chi connectivity index (χ0n) is 13.9. The lowest BCUT2D eigenvalue weighted by atomic mass is 10.0. The van der Waals surface area contributed by atoms with Gasteiger partial charge in [0.1, 0.15) is 5.75 Å². The molecule has 0 heterocycles. The number of fused-ring (bicyclic) bond motifs is 2. The number of nitrogens with one attached hydrogen (secondary N) is 1. The Morgan fingerprint density at radius 2 is 1.52 bits per heavy atom. The molecule has 0 unspecified atom stereocenters. The van der Waals surface area contributed by atoms with Crippen molar-refractivity contribution in [3.63, 3.8) is 0 Å². The molecule has 3 heteroatoms. The van der Waals surface area contributed by atoms with Gasteiger partial charge in [0.05, 0.1) is 19.0 Å². The highest BCUT2D eigenvalue weighted by Gasteiger charge is 2.05. The Balaban J connectivity index is 1.66. The smallest absolute Gasteiger partial charge is 0.128 e. The second kappa shape index (κ2) is 6.65. The van der Waals surface area contributed by atoms with Crippen LogP contribution >= 0.6 is 0 Å². The number of benzene rings is 4. The van der Waals surface area contributed by atoms with Gasteiger partial charge in [0, 0.05) is 5.56 Å². The van der Waals surface area contributed by atoms with Crippen LogP contribution in [0.4, 0.5) is 5.69 Å². The van der Waals surface area contributed by atoms with E-state index in [-0.39, 0.29) is 0 Å². The lowest BCUT2D eigenvalue weighted by Crippen LogP contribution is -1.95. The zero-order valence-corrected chi connectivity index (χ0v) is 13.9. The molecule has 0 aliphatic carbocycles. The van der Waals surface area contributed by atoms with E-state index in [0.717, 1.165) is 27.8 Å². The summed E-state index contributed by atoms with van der Waals surface area (Å²) >= 11 is 0. The second-order valence-electron chi connectivity index (χ2n) is 5.83. The van der Waals surface area contributed by atoms with Crippen molar-refractivity contribution in [3.05, 3.63) is 84.4 Å². The van der Waals surface area contributed by atoms with Crippen molar-refractivity contribution in [2.45, 2.75) is 0 Å². The Kier molecular flexibility index (Phi) is 4.05. The summed E-state index contributed by atoms with van der Waals surface area (Å²) in [6.07, 6.45) is 1.82. The molecule has 1 N–H and O–H groups in total. The molecule has 0 saturated heterocycles. The summed E-state index contributed by atoms with van der Waals surface area (Å²) in [5.74, 6) is 0.808. The van der Waals surface area contributed by atoms with E-state index >= 15 is 0 Å². The first-order chi connectivity index (χ1) is 12.3. The molecule has 4 aromatic carbocycles. The maximum Gasteiger partial charge on any atom is 0.128 e. The fraction of sp³-hybridized carbons (Fsp3) is 0.0455. The van der Waals surface area contributed by atoms with Gasteiger partial charge >= 0.3 is 0 Å². The predicted octanol–water partition coefficient (Wildman–Crippen LogP) is 5.45. The Bertz CT molecular complexity index is 1070. The number of hydrazone groups is 1. The number of hydrogen-bond donors (Lipinski definition) is 1. The summed E-state index contributed by atoms with van der Waals surface area (Å²) in [5, 5.41) is 9.10. The molecule has 0 radical (unpaired) electrons. The number of ether oxygens (including phenoxy) is 1. The summed E-state index contributed by atoms with van der Waals surface area (Å²) in [7, 11) is 1.68. The molecule has 0 bridgehead atoms. The monoisotopic (exact) mass is 326 g/mol. The molecule has 0 saturated carbocycles. The Hall–Kier alpha value is -3.33. The summed E-state index contributed by atoms with van der Waals surface area (Å²) in [6, 6.07) is 26.7. The standard InChI is InChI=1S/C22H18N2O/c1-25-22-13-11-17-7-4-5-9-20(17)21(22)15-23-24-19-12-10-16-6-2-3-8-18(16)14-19/h2-15,24H,1H3/b23-15+. The van der Waals surface area contributed by atoms with E-state index in [1.54, 1.807) is 7.11 Å². The van der Waals surface area contributed by atoms with Gasteiger partial charge in [-0.25, -0.2) is 0 Å². The van der Waals surface area contributed by atoms with Crippen LogP contribution in [-0.4, -0.2) is 13.3 Å². The first kappa shape index (κ1) is 15.2. The second-order valence-corrected chi connectivity index (χ2v) is 5.83. The van der Waals surface area contributed by atoms with Gasteiger partial charge in [-0.05, 0) is 39.7 Å². The fourth-order valence-corrected chi connectivity index (χ4v) is 3.02. The van der Waals surface area contributed by atoms with Crippen molar-refractivity contribution in [1.29, 1.82) is 0 Å². The van der Waals surface area contributed by atoms with E-state index in [2.05, 4.69) is 53.0 Å². The third kappa shape index (κ3) is 3.04. The third-order valence-corrected chi connectivity index (χ3v) is 4.29. The molecule has 3 nitrogen and oxygen atoms in total. The normalized spacial score (nSPS) is 11.2. The van der Waals surface area contributed by atoms with E-state index < -0.39 is 0 Å². The Labute approximate surface area is 146 Å². The topological polar surface area (TPSA) is 33.6 Å². The van der Waals surface area contributed by atoms with Crippen molar-refractivity contribution in [2.75, 3.05) is 12.5 Å². The van der Waals surface area contributed by atoms with Crippen LogP contribution in [0.2, 0.25) is 0 Å². The zero-order chi connectivity index (χ0) is 17.1. The van der Waals surface area contributed by atoms with Crippen LogP contribution in [0.25, 0.3) is 21.5 Å². The fourth-order valence-electron chi connectivity index (χ4n) is 3.02. The average molecular weight is 326 g/mol. The molecule has 4 rings (SSSR count).